The van der Waals surface area contributed by atoms with Gasteiger partial charge < -0.3 is 9.64 Å². The molecule has 0 saturated carbocycles. The first-order chi connectivity index (χ1) is 11.2. The molecule has 0 unspecified atom stereocenters. The maximum atomic E-state index is 12.2. The van der Waals surface area contributed by atoms with E-state index in [0.29, 0.717) is 13.0 Å². The van der Waals surface area contributed by atoms with Gasteiger partial charge in [0, 0.05) is 13.1 Å². The van der Waals surface area contributed by atoms with Crippen LogP contribution in [-0.2, 0) is 17.8 Å². The fourth-order valence-corrected chi connectivity index (χ4v) is 3.30. The third-order valence-electron chi connectivity index (χ3n) is 4.05. The summed E-state index contributed by atoms with van der Waals surface area (Å²) in [6.07, 6.45) is 2.71. The average Bonchev–Trinajstić information content (AvgIpc) is 3.10. The maximum Gasteiger partial charge on any atom is 0.226 e. The zero-order valence-corrected chi connectivity index (χ0v) is 14.6. The molecule has 1 saturated heterocycles. The molecule has 0 spiro atoms. The van der Waals surface area contributed by atoms with Crippen molar-refractivity contribution in [3.63, 3.8) is 0 Å². The highest BCUT2D eigenvalue weighted by atomic mass is 79.9. The zero-order chi connectivity index (χ0) is 16.1. The smallest absolute Gasteiger partial charge is 0.226 e. The van der Waals surface area contributed by atoms with Crippen LogP contribution in [-0.4, -0.2) is 23.9 Å². The molecule has 0 atom stereocenters. The quantitative estimate of drug-likeness (QED) is 0.785. The number of likely N-dealkylation sites (tertiary alicyclic amines) is 1. The van der Waals surface area contributed by atoms with Crippen molar-refractivity contribution in [2.75, 3.05) is 13.1 Å². The van der Waals surface area contributed by atoms with Crippen molar-refractivity contribution in [3.8, 4) is 5.75 Å². The number of carbonyl (C=O) groups is 1. The number of rotatable bonds is 5. The van der Waals surface area contributed by atoms with Gasteiger partial charge in [0.25, 0.3) is 0 Å². The van der Waals surface area contributed by atoms with Crippen LogP contribution in [0, 0.1) is 0 Å². The van der Waals surface area contributed by atoms with Crippen LogP contribution in [0.2, 0.25) is 0 Å². The first-order valence-corrected chi connectivity index (χ1v) is 8.74. The lowest BCUT2D eigenvalue weighted by Gasteiger charge is -2.15. The third-order valence-corrected chi connectivity index (χ3v) is 4.67. The van der Waals surface area contributed by atoms with Crippen molar-refractivity contribution in [3.05, 3.63) is 64.1 Å². The lowest BCUT2D eigenvalue weighted by Crippen LogP contribution is -2.29. The Hall–Kier alpha value is -1.81. The predicted molar refractivity (Wildman–Crippen MR) is 94.4 cm³/mol. The third kappa shape index (κ3) is 4.35. The number of carbonyl (C=O) groups excluding carboxylic acids is 1. The fraction of sp³-hybridized carbons (Fsp3) is 0.316. The van der Waals surface area contributed by atoms with Gasteiger partial charge in [-0.3, -0.25) is 4.79 Å². The van der Waals surface area contributed by atoms with Gasteiger partial charge in [-0.1, -0.05) is 36.4 Å². The summed E-state index contributed by atoms with van der Waals surface area (Å²) in [5.74, 6) is 1.01. The van der Waals surface area contributed by atoms with E-state index in [1.165, 1.54) is 0 Å². The Morgan fingerprint density at radius 2 is 1.78 bits per heavy atom. The molecule has 4 heteroatoms. The Balaban J connectivity index is 1.60. The molecule has 0 radical (unpaired) electrons. The van der Waals surface area contributed by atoms with Gasteiger partial charge in [0.15, 0.2) is 0 Å². The molecule has 1 heterocycles. The van der Waals surface area contributed by atoms with Crippen molar-refractivity contribution in [1.82, 2.24) is 4.90 Å². The van der Waals surface area contributed by atoms with E-state index in [0.717, 1.165) is 47.3 Å². The summed E-state index contributed by atoms with van der Waals surface area (Å²) in [5.41, 5.74) is 2.15. The Kier molecular flexibility index (Phi) is 5.34. The van der Waals surface area contributed by atoms with Crippen LogP contribution >= 0.6 is 15.9 Å². The molecule has 0 bridgehead atoms. The van der Waals surface area contributed by atoms with Crippen molar-refractivity contribution in [1.29, 1.82) is 0 Å². The van der Waals surface area contributed by atoms with E-state index in [1.54, 1.807) is 0 Å². The predicted octanol–water partition coefficient (Wildman–Crippen LogP) is 4.19. The van der Waals surface area contributed by atoms with Crippen LogP contribution in [0.15, 0.2) is 53.0 Å². The van der Waals surface area contributed by atoms with Crippen LogP contribution in [0.5, 0.6) is 5.75 Å². The van der Waals surface area contributed by atoms with Gasteiger partial charge in [0.2, 0.25) is 5.91 Å². The summed E-state index contributed by atoms with van der Waals surface area (Å²) in [7, 11) is 0. The van der Waals surface area contributed by atoms with Crippen LogP contribution in [0.25, 0.3) is 0 Å². The summed E-state index contributed by atoms with van der Waals surface area (Å²) < 4.78 is 6.73. The van der Waals surface area contributed by atoms with Crippen LogP contribution in [0.4, 0.5) is 0 Å². The molecule has 2 aromatic rings. The van der Waals surface area contributed by atoms with Gasteiger partial charge in [-0.25, -0.2) is 0 Å². The SMILES string of the molecule is O=C(Cc1ccc(OCc2ccccc2)c(Br)c1)N1CCCC1. The molecule has 1 amide bonds. The van der Waals surface area contributed by atoms with Crippen molar-refractivity contribution in [2.24, 2.45) is 0 Å². The number of amides is 1. The minimum absolute atomic E-state index is 0.215. The molecule has 1 fully saturated rings. The van der Waals surface area contributed by atoms with Crippen molar-refractivity contribution < 1.29 is 9.53 Å². The molecule has 1 aliphatic rings. The molecule has 120 valence electrons. The van der Waals surface area contributed by atoms with E-state index in [9.17, 15) is 4.79 Å². The highest BCUT2D eigenvalue weighted by Crippen LogP contribution is 2.27. The Morgan fingerprint density at radius 1 is 1.04 bits per heavy atom. The van der Waals surface area contributed by atoms with E-state index < -0.39 is 0 Å². The molecule has 2 aromatic carbocycles. The minimum Gasteiger partial charge on any atom is -0.488 e. The summed E-state index contributed by atoms with van der Waals surface area (Å²) in [6, 6.07) is 16.0. The zero-order valence-electron chi connectivity index (χ0n) is 13.0. The van der Waals surface area contributed by atoms with Gasteiger partial charge >= 0.3 is 0 Å². The molecular weight excluding hydrogens is 354 g/mol. The lowest BCUT2D eigenvalue weighted by atomic mass is 10.1. The van der Waals surface area contributed by atoms with Gasteiger partial charge in [0.05, 0.1) is 10.9 Å². The molecule has 0 N–H and O–H groups in total. The second-order valence-corrected chi connectivity index (χ2v) is 6.66. The fourth-order valence-electron chi connectivity index (χ4n) is 2.76. The van der Waals surface area contributed by atoms with Gasteiger partial charge in [-0.2, -0.15) is 0 Å². The van der Waals surface area contributed by atoms with E-state index in [4.69, 9.17) is 4.74 Å². The van der Waals surface area contributed by atoms with E-state index >= 15 is 0 Å². The first kappa shape index (κ1) is 16.1. The second-order valence-electron chi connectivity index (χ2n) is 5.80. The largest absolute Gasteiger partial charge is 0.488 e. The summed E-state index contributed by atoms with van der Waals surface area (Å²) in [6.45, 7) is 2.34. The number of hydrogen-bond acceptors (Lipinski definition) is 2. The van der Waals surface area contributed by atoms with Gasteiger partial charge in [-0.05, 0) is 52.0 Å². The van der Waals surface area contributed by atoms with Crippen LogP contribution in [0.3, 0.4) is 0 Å². The van der Waals surface area contributed by atoms with Gasteiger partial charge in [-0.15, -0.1) is 0 Å². The summed E-state index contributed by atoms with van der Waals surface area (Å²) >= 11 is 3.54. The van der Waals surface area contributed by atoms with E-state index in [1.807, 2.05) is 53.4 Å². The molecule has 3 nitrogen and oxygen atoms in total. The van der Waals surface area contributed by atoms with Gasteiger partial charge in [0.1, 0.15) is 12.4 Å². The Morgan fingerprint density at radius 3 is 2.48 bits per heavy atom. The highest BCUT2D eigenvalue weighted by Gasteiger charge is 2.18. The van der Waals surface area contributed by atoms with E-state index in [-0.39, 0.29) is 5.91 Å². The topological polar surface area (TPSA) is 29.5 Å². The molecule has 3 rings (SSSR count). The Bertz CT molecular complexity index is 666. The standard InChI is InChI=1S/C19H20BrNO2/c20-17-12-16(13-19(22)21-10-4-5-11-21)8-9-18(17)23-14-15-6-2-1-3-7-15/h1-3,6-9,12H,4-5,10-11,13-14H2. The Labute approximate surface area is 145 Å². The van der Waals surface area contributed by atoms with Crippen molar-refractivity contribution in [2.45, 2.75) is 25.9 Å². The molecule has 1 aliphatic heterocycles. The van der Waals surface area contributed by atoms with Crippen molar-refractivity contribution >= 4 is 21.8 Å². The highest BCUT2D eigenvalue weighted by molar-refractivity contribution is 9.10. The molecule has 23 heavy (non-hydrogen) atoms. The van der Waals surface area contributed by atoms with Crippen LogP contribution < -0.4 is 4.74 Å². The second kappa shape index (κ2) is 7.64. The number of hydrogen-bond donors (Lipinski definition) is 0. The van der Waals surface area contributed by atoms with E-state index in [2.05, 4.69) is 15.9 Å². The van der Waals surface area contributed by atoms with Crippen LogP contribution in [0.1, 0.15) is 24.0 Å². The number of nitrogens with zero attached hydrogens (tertiary/aromatic N) is 1. The summed E-state index contributed by atoms with van der Waals surface area (Å²) in [5, 5.41) is 0. The molecular formula is C19H20BrNO2. The number of ether oxygens (including phenoxy) is 1. The molecule has 0 aliphatic carbocycles. The lowest BCUT2D eigenvalue weighted by molar-refractivity contribution is -0.129. The first-order valence-electron chi connectivity index (χ1n) is 7.95. The average molecular weight is 374 g/mol. The number of benzene rings is 2. The number of halogens is 1. The minimum atomic E-state index is 0.215. The maximum absolute atomic E-state index is 12.2. The summed E-state index contributed by atoms with van der Waals surface area (Å²) in [4.78, 5) is 14.2. The monoisotopic (exact) mass is 373 g/mol. The molecule has 0 aromatic heterocycles. The normalized spacial score (nSPS) is 14.0.